The molecule has 0 spiro atoms. The second-order valence-corrected chi connectivity index (χ2v) is 4.97. The van der Waals surface area contributed by atoms with Gasteiger partial charge in [0.25, 0.3) is 0 Å². The van der Waals surface area contributed by atoms with Gasteiger partial charge >= 0.3 is 0 Å². The van der Waals surface area contributed by atoms with E-state index in [0.717, 1.165) is 6.42 Å². The Labute approximate surface area is 93.9 Å². The maximum Gasteiger partial charge on any atom is 0.0610 e. The van der Waals surface area contributed by atoms with Crippen LogP contribution in [0.25, 0.3) is 0 Å². The van der Waals surface area contributed by atoms with Crippen molar-refractivity contribution in [2.45, 2.75) is 44.6 Å². The molecule has 0 radical (unpaired) electrons. The summed E-state index contributed by atoms with van der Waals surface area (Å²) in [5.74, 6) is 0. The number of nitrogens with zero attached hydrogens (tertiary/aromatic N) is 1. The van der Waals surface area contributed by atoms with Crippen LogP contribution in [0, 0.1) is 0 Å². The van der Waals surface area contributed by atoms with E-state index >= 15 is 0 Å². The molecule has 1 aliphatic rings. The van der Waals surface area contributed by atoms with Gasteiger partial charge in [0, 0.05) is 5.54 Å². The van der Waals surface area contributed by atoms with Crippen molar-refractivity contribution in [1.82, 2.24) is 10.2 Å². The monoisotopic (exact) mass is 214 g/mol. The van der Waals surface area contributed by atoms with E-state index < -0.39 is 0 Å². The third-order valence-corrected chi connectivity index (χ3v) is 3.60. The normalized spacial score (nSPS) is 21.8. The van der Waals surface area contributed by atoms with Crippen LogP contribution >= 0.6 is 0 Å². The first-order chi connectivity index (χ1) is 7.20. The van der Waals surface area contributed by atoms with Crippen LogP contribution in [-0.2, 0) is 0 Å². The summed E-state index contributed by atoms with van der Waals surface area (Å²) in [6.07, 6.45) is 6.29. The summed E-state index contributed by atoms with van der Waals surface area (Å²) >= 11 is 0. The first-order valence-corrected chi connectivity index (χ1v) is 6.22. The van der Waals surface area contributed by atoms with Crippen molar-refractivity contribution in [2.75, 3.05) is 33.3 Å². The van der Waals surface area contributed by atoms with E-state index in [1.54, 1.807) is 0 Å². The molecule has 0 aliphatic carbocycles. The van der Waals surface area contributed by atoms with Gasteiger partial charge in [0.05, 0.1) is 6.61 Å². The van der Waals surface area contributed by atoms with Crippen molar-refractivity contribution in [2.24, 2.45) is 0 Å². The first-order valence-electron chi connectivity index (χ1n) is 6.22. The molecule has 1 heterocycles. The van der Waals surface area contributed by atoms with Gasteiger partial charge in [-0.2, -0.15) is 0 Å². The Kier molecular flexibility index (Phi) is 5.58. The zero-order valence-electron chi connectivity index (χ0n) is 10.3. The van der Waals surface area contributed by atoms with Crippen LogP contribution in [0.2, 0.25) is 0 Å². The van der Waals surface area contributed by atoms with E-state index in [0.29, 0.717) is 0 Å². The fraction of sp³-hybridized carbons (Fsp3) is 1.00. The third-order valence-electron chi connectivity index (χ3n) is 3.60. The minimum atomic E-state index is -0.0784. The standard InChI is InChI=1S/C12H26N2O/c1-12(11-15,13-2)7-3-4-8-14-9-5-6-10-14/h13,15H,3-11H2,1-2H3. The molecule has 3 heteroatoms. The van der Waals surface area contributed by atoms with E-state index in [9.17, 15) is 5.11 Å². The lowest BCUT2D eigenvalue weighted by atomic mass is 9.96. The van der Waals surface area contributed by atoms with E-state index in [-0.39, 0.29) is 12.1 Å². The summed E-state index contributed by atoms with van der Waals surface area (Å²) in [5, 5.41) is 12.4. The Bertz CT molecular complexity index is 163. The molecule has 2 N–H and O–H groups in total. The molecule has 0 aromatic heterocycles. The highest BCUT2D eigenvalue weighted by molar-refractivity contribution is 4.80. The zero-order valence-corrected chi connectivity index (χ0v) is 10.3. The predicted octanol–water partition coefficient (Wildman–Crippen LogP) is 1.22. The maximum absolute atomic E-state index is 9.22. The number of unbranched alkanes of at least 4 members (excludes halogenated alkanes) is 1. The first kappa shape index (κ1) is 12.9. The molecule has 0 saturated carbocycles. The number of likely N-dealkylation sites (tertiary alicyclic amines) is 1. The van der Waals surface area contributed by atoms with Gasteiger partial charge in [0.15, 0.2) is 0 Å². The van der Waals surface area contributed by atoms with Crippen LogP contribution in [0.4, 0.5) is 0 Å². The molecule has 1 rings (SSSR count). The average Bonchev–Trinajstić information content (AvgIpc) is 2.77. The van der Waals surface area contributed by atoms with Gasteiger partial charge in [-0.3, -0.25) is 0 Å². The molecule has 1 unspecified atom stereocenters. The topological polar surface area (TPSA) is 35.5 Å². The van der Waals surface area contributed by atoms with Crippen molar-refractivity contribution in [3.05, 3.63) is 0 Å². The summed E-state index contributed by atoms with van der Waals surface area (Å²) in [6.45, 7) is 6.15. The minimum Gasteiger partial charge on any atom is -0.394 e. The Morgan fingerprint density at radius 1 is 1.27 bits per heavy atom. The molecule has 0 aromatic rings. The number of aliphatic hydroxyl groups excluding tert-OH is 1. The van der Waals surface area contributed by atoms with Crippen molar-refractivity contribution < 1.29 is 5.11 Å². The molecular formula is C12H26N2O. The Morgan fingerprint density at radius 3 is 2.47 bits per heavy atom. The van der Waals surface area contributed by atoms with Gasteiger partial charge in [0.2, 0.25) is 0 Å². The van der Waals surface area contributed by atoms with Crippen molar-refractivity contribution in [1.29, 1.82) is 0 Å². The quantitative estimate of drug-likeness (QED) is 0.626. The molecule has 1 saturated heterocycles. The van der Waals surface area contributed by atoms with Gasteiger partial charge in [-0.05, 0) is 59.3 Å². The fourth-order valence-electron chi connectivity index (χ4n) is 2.14. The van der Waals surface area contributed by atoms with Crippen LogP contribution in [0.1, 0.15) is 39.0 Å². The molecule has 0 bridgehead atoms. The Morgan fingerprint density at radius 2 is 1.93 bits per heavy atom. The van der Waals surface area contributed by atoms with Crippen LogP contribution in [-0.4, -0.2) is 48.8 Å². The lowest BCUT2D eigenvalue weighted by Crippen LogP contribution is -2.43. The SMILES string of the molecule is CNC(C)(CO)CCCCN1CCCC1. The van der Waals surface area contributed by atoms with Crippen LogP contribution < -0.4 is 5.32 Å². The smallest absolute Gasteiger partial charge is 0.0610 e. The average molecular weight is 214 g/mol. The molecule has 90 valence electrons. The molecule has 15 heavy (non-hydrogen) atoms. The van der Waals surface area contributed by atoms with E-state index in [4.69, 9.17) is 0 Å². The second-order valence-electron chi connectivity index (χ2n) is 4.97. The number of hydrogen-bond donors (Lipinski definition) is 2. The number of likely N-dealkylation sites (N-methyl/N-ethyl adjacent to an activating group) is 1. The molecular weight excluding hydrogens is 188 g/mol. The van der Waals surface area contributed by atoms with E-state index in [1.165, 1.54) is 45.3 Å². The molecule has 0 amide bonds. The summed E-state index contributed by atoms with van der Waals surface area (Å²) in [6, 6.07) is 0. The lowest BCUT2D eigenvalue weighted by molar-refractivity contribution is 0.169. The lowest BCUT2D eigenvalue weighted by Gasteiger charge is -2.27. The number of hydrogen-bond acceptors (Lipinski definition) is 3. The van der Waals surface area contributed by atoms with Gasteiger partial charge in [-0.25, -0.2) is 0 Å². The largest absolute Gasteiger partial charge is 0.394 e. The molecule has 1 atom stereocenters. The van der Waals surface area contributed by atoms with E-state index in [1.807, 2.05) is 7.05 Å². The zero-order chi connectivity index (χ0) is 11.1. The second kappa shape index (κ2) is 6.46. The van der Waals surface area contributed by atoms with Gasteiger partial charge < -0.3 is 15.3 Å². The highest BCUT2D eigenvalue weighted by atomic mass is 16.3. The molecule has 3 nitrogen and oxygen atoms in total. The van der Waals surface area contributed by atoms with Crippen LogP contribution in [0.3, 0.4) is 0 Å². The number of rotatable bonds is 7. The summed E-state index contributed by atoms with van der Waals surface area (Å²) in [5.41, 5.74) is -0.0784. The van der Waals surface area contributed by atoms with Crippen LogP contribution in [0.15, 0.2) is 0 Å². The fourth-order valence-corrected chi connectivity index (χ4v) is 2.14. The van der Waals surface area contributed by atoms with Gasteiger partial charge in [-0.15, -0.1) is 0 Å². The minimum absolute atomic E-state index is 0.0784. The highest BCUT2D eigenvalue weighted by Crippen LogP contribution is 2.14. The third kappa shape index (κ3) is 4.49. The Hall–Kier alpha value is -0.120. The Balaban J connectivity index is 2.04. The molecule has 0 aromatic carbocycles. The maximum atomic E-state index is 9.22. The van der Waals surface area contributed by atoms with E-state index in [2.05, 4.69) is 17.1 Å². The highest BCUT2D eigenvalue weighted by Gasteiger charge is 2.20. The molecule has 1 aliphatic heterocycles. The number of nitrogens with one attached hydrogen (secondary N) is 1. The number of aliphatic hydroxyl groups is 1. The predicted molar refractivity (Wildman–Crippen MR) is 64.1 cm³/mol. The van der Waals surface area contributed by atoms with Gasteiger partial charge in [-0.1, -0.05) is 6.42 Å². The van der Waals surface area contributed by atoms with Crippen LogP contribution in [0.5, 0.6) is 0 Å². The van der Waals surface area contributed by atoms with Gasteiger partial charge in [0.1, 0.15) is 0 Å². The molecule has 1 fully saturated rings. The summed E-state index contributed by atoms with van der Waals surface area (Å²) in [7, 11) is 1.93. The van der Waals surface area contributed by atoms with Crippen molar-refractivity contribution >= 4 is 0 Å². The summed E-state index contributed by atoms with van der Waals surface area (Å²) < 4.78 is 0. The summed E-state index contributed by atoms with van der Waals surface area (Å²) in [4.78, 5) is 2.55. The van der Waals surface area contributed by atoms with Crippen molar-refractivity contribution in [3.8, 4) is 0 Å². The van der Waals surface area contributed by atoms with Crippen molar-refractivity contribution in [3.63, 3.8) is 0 Å².